The zero-order valence-corrected chi connectivity index (χ0v) is 10.5. The summed E-state index contributed by atoms with van der Waals surface area (Å²) in [5.74, 6) is -0.184. The zero-order valence-electron chi connectivity index (χ0n) is 9.67. The number of halogens is 1. The van der Waals surface area contributed by atoms with E-state index in [9.17, 15) is 9.18 Å². The van der Waals surface area contributed by atoms with Gasteiger partial charge in [0.1, 0.15) is 0 Å². The standard InChI is InChI=1S/C12H11FO3S/c1-6(14)9-4-7-10(17-9)5-8(15-2)12(16-3)11(7)13/h4-5H,1-3H3. The van der Waals surface area contributed by atoms with Gasteiger partial charge in [0.25, 0.3) is 0 Å². The quantitative estimate of drug-likeness (QED) is 0.789. The molecule has 0 aliphatic carbocycles. The van der Waals surface area contributed by atoms with Crippen molar-refractivity contribution in [2.45, 2.75) is 6.92 Å². The number of thiophene rings is 1. The van der Waals surface area contributed by atoms with Crippen molar-refractivity contribution in [1.29, 1.82) is 0 Å². The molecule has 0 saturated carbocycles. The van der Waals surface area contributed by atoms with Crippen LogP contribution in [-0.4, -0.2) is 20.0 Å². The van der Waals surface area contributed by atoms with E-state index in [-0.39, 0.29) is 11.5 Å². The third kappa shape index (κ3) is 1.86. The summed E-state index contributed by atoms with van der Waals surface area (Å²) in [6.07, 6.45) is 0. The van der Waals surface area contributed by atoms with Gasteiger partial charge in [-0.3, -0.25) is 4.79 Å². The molecule has 1 aromatic carbocycles. The summed E-state index contributed by atoms with van der Waals surface area (Å²) < 4.78 is 24.8. The van der Waals surface area contributed by atoms with E-state index in [4.69, 9.17) is 9.47 Å². The Bertz CT molecular complexity index is 589. The topological polar surface area (TPSA) is 35.5 Å². The molecule has 0 spiro atoms. The maximum Gasteiger partial charge on any atom is 0.197 e. The van der Waals surface area contributed by atoms with Crippen LogP contribution < -0.4 is 9.47 Å². The molecule has 0 radical (unpaired) electrons. The number of ketones is 1. The van der Waals surface area contributed by atoms with Crippen molar-refractivity contribution >= 4 is 27.2 Å². The summed E-state index contributed by atoms with van der Waals surface area (Å²) in [4.78, 5) is 11.8. The Balaban J connectivity index is 2.76. The van der Waals surface area contributed by atoms with Gasteiger partial charge < -0.3 is 9.47 Å². The first-order chi connectivity index (χ1) is 8.08. The van der Waals surface area contributed by atoms with Crippen molar-refractivity contribution in [3.63, 3.8) is 0 Å². The fourth-order valence-electron chi connectivity index (χ4n) is 1.61. The molecular formula is C12H11FO3S. The van der Waals surface area contributed by atoms with Gasteiger partial charge in [-0.2, -0.15) is 0 Å². The van der Waals surface area contributed by atoms with Gasteiger partial charge in [0.05, 0.1) is 19.1 Å². The predicted molar refractivity (Wildman–Crippen MR) is 64.9 cm³/mol. The molecule has 2 rings (SSSR count). The van der Waals surface area contributed by atoms with E-state index in [0.29, 0.717) is 20.7 Å². The summed E-state index contributed by atoms with van der Waals surface area (Å²) in [7, 11) is 2.83. The van der Waals surface area contributed by atoms with Crippen LogP contribution in [-0.2, 0) is 0 Å². The van der Waals surface area contributed by atoms with Gasteiger partial charge in [0.2, 0.25) is 0 Å². The van der Waals surface area contributed by atoms with Crippen LogP contribution in [0.25, 0.3) is 10.1 Å². The molecule has 0 aliphatic heterocycles. The second-order valence-electron chi connectivity index (χ2n) is 3.50. The average molecular weight is 254 g/mol. The van der Waals surface area contributed by atoms with Crippen molar-refractivity contribution in [2.24, 2.45) is 0 Å². The van der Waals surface area contributed by atoms with Gasteiger partial charge in [-0.05, 0) is 13.0 Å². The van der Waals surface area contributed by atoms with E-state index in [1.807, 2.05) is 0 Å². The third-order valence-corrected chi connectivity index (χ3v) is 3.64. The van der Waals surface area contributed by atoms with Crippen LogP contribution in [0, 0.1) is 5.82 Å². The lowest BCUT2D eigenvalue weighted by Crippen LogP contribution is -1.93. The van der Waals surface area contributed by atoms with Gasteiger partial charge in [-0.1, -0.05) is 0 Å². The van der Waals surface area contributed by atoms with Crippen LogP contribution in [0.15, 0.2) is 12.1 Å². The lowest BCUT2D eigenvalue weighted by Gasteiger charge is -2.08. The Hall–Kier alpha value is -1.62. The van der Waals surface area contributed by atoms with E-state index in [1.165, 1.54) is 32.5 Å². The molecule has 0 bridgehead atoms. The highest BCUT2D eigenvalue weighted by atomic mass is 32.1. The number of carbonyl (C=O) groups is 1. The number of benzene rings is 1. The molecular weight excluding hydrogens is 243 g/mol. The number of methoxy groups -OCH3 is 2. The van der Waals surface area contributed by atoms with Gasteiger partial charge >= 0.3 is 0 Å². The molecule has 1 heterocycles. The van der Waals surface area contributed by atoms with E-state index in [1.54, 1.807) is 12.1 Å². The first-order valence-corrected chi connectivity index (χ1v) is 5.75. The van der Waals surface area contributed by atoms with Crippen molar-refractivity contribution in [2.75, 3.05) is 14.2 Å². The molecule has 0 atom stereocenters. The molecule has 3 nitrogen and oxygen atoms in total. The highest BCUT2D eigenvalue weighted by molar-refractivity contribution is 7.20. The predicted octanol–water partition coefficient (Wildman–Crippen LogP) is 3.26. The number of fused-ring (bicyclic) bond motifs is 1. The van der Waals surface area contributed by atoms with Crippen LogP contribution in [0.2, 0.25) is 0 Å². The Kier molecular flexibility index (Phi) is 3.02. The number of ether oxygens (including phenoxy) is 2. The highest BCUT2D eigenvalue weighted by Gasteiger charge is 2.18. The van der Waals surface area contributed by atoms with Crippen molar-refractivity contribution < 1.29 is 18.7 Å². The van der Waals surface area contributed by atoms with Crippen molar-refractivity contribution in [3.8, 4) is 11.5 Å². The maximum atomic E-state index is 14.1. The number of hydrogen-bond acceptors (Lipinski definition) is 4. The molecule has 0 N–H and O–H groups in total. The molecule has 5 heteroatoms. The first kappa shape index (κ1) is 11.9. The molecule has 1 aromatic heterocycles. The number of Topliss-reactive ketones (excluding diaryl/α,β-unsaturated/α-hetero) is 1. The van der Waals surface area contributed by atoms with Gasteiger partial charge in [-0.25, -0.2) is 4.39 Å². The molecule has 17 heavy (non-hydrogen) atoms. The molecule has 0 unspecified atom stereocenters. The molecule has 0 aliphatic rings. The summed E-state index contributed by atoms with van der Waals surface area (Å²) in [6.45, 7) is 1.46. The fourth-order valence-corrected chi connectivity index (χ4v) is 2.60. The minimum absolute atomic E-state index is 0.0629. The highest BCUT2D eigenvalue weighted by Crippen LogP contribution is 2.39. The van der Waals surface area contributed by atoms with E-state index in [0.717, 1.165) is 0 Å². The number of rotatable bonds is 3. The third-order valence-electron chi connectivity index (χ3n) is 2.45. The van der Waals surface area contributed by atoms with Gasteiger partial charge in [0.15, 0.2) is 23.1 Å². The monoisotopic (exact) mass is 254 g/mol. The largest absolute Gasteiger partial charge is 0.493 e. The number of hydrogen-bond donors (Lipinski definition) is 0. The van der Waals surface area contributed by atoms with Crippen molar-refractivity contribution in [1.82, 2.24) is 0 Å². The maximum absolute atomic E-state index is 14.1. The Morgan fingerprint density at radius 1 is 1.29 bits per heavy atom. The Morgan fingerprint density at radius 2 is 2.00 bits per heavy atom. The minimum Gasteiger partial charge on any atom is -0.493 e. The van der Waals surface area contributed by atoms with E-state index in [2.05, 4.69) is 0 Å². The van der Waals surface area contributed by atoms with Crippen LogP contribution in [0.1, 0.15) is 16.6 Å². The van der Waals surface area contributed by atoms with Crippen LogP contribution >= 0.6 is 11.3 Å². The SMILES string of the molecule is COc1cc2sc(C(C)=O)cc2c(F)c1OC. The van der Waals surface area contributed by atoms with Gasteiger partial charge in [0, 0.05) is 16.2 Å². The fraction of sp³-hybridized carbons (Fsp3) is 0.250. The van der Waals surface area contributed by atoms with Crippen molar-refractivity contribution in [3.05, 3.63) is 22.8 Å². The Morgan fingerprint density at radius 3 is 2.53 bits per heavy atom. The zero-order chi connectivity index (χ0) is 12.6. The average Bonchev–Trinajstić information content (AvgIpc) is 2.73. The molecule has 2 aromatic rings. The second kappa shape index (κ2) is 4.33. The lowest BCUT2D eigenvalue weighted by atomic mass is 10.2. The second-order valence-corrected chi connectivity index (χ2v) is 4.59. The number of carbonyl (C=O) groups excluding carboxylic acids is 1. The van der Waals surface area contributed by atoms with E-state index >= 15 is 0 Å². The Labute approximate surface area is 102 Å². The molecule has 0 fully saturated rings. The summed E-state index contributed by atoms with van der Waals surface area (Å²) >= 11 is 1.24. The van der Waals surface area contributed by atoms with Crippen LogP contribution in [0.3, 0.4) is 0 Å². The normalized spacial score (nSPS) is 10.6. The summed E-state index contributed by atoms with van der Waals surface area (Å²) in [5, 5.41) is 0.387. The minimum atomic E-state index is -0.495. The van der Waals surface area contributed by atoms with E-state index < -0.39 is 5.82 Å². The molecule has 90 valence electrons. The first-order valence-electron chi connectivity index (χ1n) is 4.93. The smallest absolute Gasteiger partial charge is 0.197 e. The summed E-state index contributed by atoms with van der Waals surface area (Å²) in [6, 6.07) is 3.22. The molecule has 0 amide bonds. The van der Waals surface area contributed by atoms with Crippen LogP contribution in [0.4, 0.5) is 4.39 Å². The summed E-state index contributed by atoms with van der Waals surface area (Å²) in [5.41, 5.74) is 0. The van der Waals surface area contributed by atoms with Crippen LogP contribution in [0.5, 0.6) is 11.5 Å². The van der Waals surface area contributed by atoms with Gasteiger partial charge in [-0.15, -0.1) is 11.3 Å². The lowest BCUT2D eigenvalue weighted by molar-refractivity contribution is 0.102. The molecule has 0 saturated heterocycles.